The Labute approximate surface area is 234 Å². The summed E-state index contributed by atoms with van der Waals surface area (Å²) in [6.45, 7) is 0. The van der Waals surface area contributed by atoms with E-state index >= 15 is 0 Å². The van der Waals surface area contributed by atoms with Crippen LogP contribution in [-0.4, -0.2) is 36.4 Å². The van der Waals surface area contributed by atoms with Crippen LogP contribution in [0.15, 0.2) is 52.8 Å². The molecular formula is C27H17ClF4N4O4S. The average Bonchev–Trinajstić information content (AvgIpc) is 3.49. The van der Waals surface area contributed by atoms with Crippen molar-refractivity contribution in [3.05, 3.63) is 92.5 Å². The van der Waals surface area contributed by atoms with E-state index in [9.17, 15) is 35.6 Å². The smallest absolute Gasteiger partial charge is 0.257 e. The molecule has 210 valence electrons. The summed E-state index contributed by atoms with van der Waals surface area (Å²) in [6.07, 6.45) is -3.46. The second-order valence-corrected chi connectivity index (χ2v) is 11.7. The normalized spacial score (nSPS) is 17.0. The van der Waals surface area contributed by atoms with Gasteiger partial charge in [-0.3, -0.25) is 14.3 Å². The van der Waals surface area contributed by atoms with Crippen molar-refractivity contribution < 1.29 is 35.6 Å². The zero-order valence-electron chi connectivity index (χ0n) is 20.8. The lowest BCUT2D eigenvalue weighted by atomic mass is 9.93. The van der Waals surface area contributed by atoms with Crippen LogP contribution in [0.1, 0.15) is 38.8 Å². The van der Waals surface area contributed by atoms with Crippen molar-refractivity contribution >= 4 is 55.4 Å². The Morgan fingerprint density at radius 2 is 1.85 bits per heavy atom. The summed E-state index contributed by atoms with van der Waals surface area (Å²) in [7, 11) is -2.70. The molecule has 0 saturated heterocycles. The number of carbonyl (C=O) groups is 2. The summed E-state index contributed by atoms with van der Waals surface area (Å²) in [4.78, 5) is 26.4. The maximum atomic E-state index is 14.2. The molecule has 14 heteroatoms. The third kappa shape index (κ3) is 4.36. The number of alkyl halides is 2. The van der Waals surface area contributed by atoms with Crippen LogP contribution in [0.3, 0.4) is 0 Å². The molecule has 6 rings (SSSR count). The summed E-state index contributed by atoms with van der Waals surface area (Å²) >= 11 is 6.34. The first-order valence-corrected chi connectivity index (χ1v) is 13.9. The highest BCUT2D eigenvalue weighted by molar-refractivity contribution is 7.95. The van der Waals surface area contributed by atoms with Gasteiger partial charge in [-0.15, -0.1) is 0 Å². The fourth-order valence-electron chi connectivity index (χ4n) is 5.26. The van der Waals surface area contributed by atoms with E-state index in [4.69, 9.17) is 11.6 Å². The van der Waals surface area contributed by atoms with Crippen molar-refractivity contribution in [2.75, 3.05) is 5.32 Å². The molecule has 3 heterocycles. The summed E-state index contributed by atoms with van der Waals surface area (Å²) in [5.74, 6) is -3.06. The van der Waals surface area contributed by atoms with Gasteiger partial charge in [0.15, 0.2) is 0 Å². The molecule has 2 aliphatic heterocycles. The van der Waals surface area contributed by atoms with Gasteiger partial charge in [-0.2, -0.15) is 5.10 Å². The maximum absolute atomic E-state index is 14.2. The van der Waals surface area contributed by atoms with Crippen molar-refractivity contribution in [2.24, 2.45) is 7.05 Å². The minimum absolute atomic E-state index is 0.0414. The van der Waals surface area contributed by atoms with Crippen LogP contribution in [0.5, 0.6) is 0 Å². The van der Waals surface area contributed by atoms with E-state index in [1.54, 1.807) is 0 Å². The van der Waals surface area contributed by atoms with E-state index in [1.807, 2.05) is 0 Å². The van der Waals surface area contributed by atoms with E-state index in [0.29, 0.717) is 5.41 Å². The largest absolute Gasteiger partial charge is 0.341 e. The number of carbonyl (C=O) groups excluding carboxylic acids is 2. The Hall–Kier alpha value is -4.23. The molecule has 2 amide bonds. The Morgan fingerprint density at radius 1 is 1.15 bits per heavy atom. The Balaban J connectivity index is 1.56. The average molecular weight is 605 g/mol. The monoisotopic (exact) mass is 604 g/mol. The fraction of sp³-hybridized carbons (Fsp3) is 0.148. The summed E-state index contributed by atoms with van der Waals surface area (Å²) in [6, 6.07) is 6.74. The van der Waals surface area contributed by atoms with Gasteiger partial charge in [-0.25, -0.2) is 26.0 Å². The SMILES string of the molecule is Cn1nc2c3c(c(NC(=O)C4=CS(=O)(=O)c5cc(F)ccc54)cc2c1CC(F)F)C(c1cc(F)ccc1Cl)NC3=O. The van der Waals surface area contributed by atoms with Crippen LogP contribution in [0, 0.1) is 11.6 Å². The molecule has 0 saturated carbocycles. The van der Waals surface area contributed by atoms with E-state index < -0.39 is 57.1 Å². The van der Waals surface area contributed by atoms with Gasteiger partial charge in [-0.05, 0) is 42.5 Å². The quantitative estimate of drug-likeness (QED) is 0.315. The minimum atomic E-state index is -4.14. The lowest BCUT2D eigenvalue weighted by Crippen LogP contribution is -2.21. The zero-order chi connectivity index (χ0) is 29.4. The highest BCUT2D eigenvalue weighted by Gasteiger charge is 2.39. The molecule has 0 bridgehead atoms. The summed E-state index contributed by atoms with van der Waals surface area (Å²) in [5, 5.41) is 10.5. The molecule has 41 heavy (non-hydrogen) atoms. The first kappa shape index (κ1) is 27.0. The maximum Gasteiger partial charge on any atom is 0.257 e. The van der Waals surface area contributed by atoms with E-state index in [0.717, 1.165) is 30.3 Å². The second kappa shape index (κ2) is 9.42. The summed E-state index contributed by atoms with van der Waals surface area (Å²) in [5.41, 5.74) is 0.00898. The first-order chi connectivity index (χ1) is 19.4. The highest BCUT2D eigenvalue weighted by atomic mass is 35.5. The van der Waals surface area contributed by atoms with Crippen molar-refractivity contribution in [3.63, 3.8) is 0 Å². The van der Waals surface area contributed by atoms with E-state index in [1.165, 1.54) is 23.9 Å². The van der Waals surface area contributed by atoms with Crippen molar-refractivity contribution in [2.45, 2.75) is 23.8 Å². The number of halogens is 5. The number of nitrogens with zero attached hydrogens (tertiary/aromatic N) is 2. The minimum Gasteiger partial charge on any atom is -0.341 e. The third-order valence-corrected chi connectivity index (χ3v) is 8.85. The van der Waals surface area contributed by atoms with Crippen LogP contribution in [0.4, 0.5) is 23.2 Å². The molecule has 3 aromatic carbocycles. The summed E-state index contributed by atoms with van der Waals surface area (Å²) < 4.78 is 81.4. The van der Waals surface area contributed by atoms with Gasteiger partial charge in [0.05, 0.1) is 34.2 Å². The van der Waals surface area contributed by atoms with Gasteiger partial charge in [0.1, 0.15) is 17.2 Å². The zero-order valence-corrected chi connectivity index (χ0v) is 22.4. The van der Waals surface area contributed by atoms with Gasteiger partial charge in [0.2, 0.25) is 16.3 Å². The lowest BCUT2D eigenvalue weighted by molar-refractivity contribution is -0.111. The Morgan fingerprint density at radius 3 is 2.59 bits per heavy atom. The molecule has 1 unspecified atom stereocenters. The molecule has 8 nitrogen and oxygen atoms in total. The van der Waals surface area contributed by atoms with Gasteiger partial charge >= 0.3 is 0 Å². The number of fused-ring (bicyclic) bond motifs is 4. The van der Waals surface area contributed by atoms with E-state index in [2.05, 4.69) is 15.7 Å². The number of aromatic nitrogens is 2. The molecule has 2 aliphatic rings. The number of nitrogens with one attached hydrogen (secondary N) is 2. The first-order valence-electron chi connectivity index (χ1n) is 12.0. The number of hydrogen-bond acceptors (Lipinski definition) is 5. The number of hydrogen-bond donors (Lipinski definition) is 2. The van der Waals surface area contributed by atoms with Gasteiger partial charge in [0, 0.05) is 45.2 Å². The highest BCUT2D eigenvalue weighted by Crippen LogP contribution is 2.44. The third-order valence-electron chi connectivity index (χ3n) is 7.01. The van der Waals surface area contributed by atoms with Gasteiger partial charge < -0.3 is 10.6 Å². The van der Waals surface area contributed by atoms with Crippen LogP contribution in [-0.2, 0) is 28.1 Å². The van der Waals surface area contributed by atoms with Crippen LogP contribution in [0.25, 0.3) is 16.5 Å². The molecule has 0 radical (unpaired) electrons. The van der Waals surface area contributed by atoms with Crippen LogP contribution in [0.2, 0.25) is 5.02 Å². The molecule has 2 N–H and O–H groups in total. The number of sulfone groups is 1. The topological polar surface area (TPSA) is 110 Å². The van der Waals surface area contributed by atoms with Crippen LogP contribution < -0.4 is 10.6 Å². The van der Waals surface area contributed by atoms with Crippen molar-refractivity contribution in [1.29, 1.82) is 0 Å². The lowest BCUT2D eigenvalue weighted by Gasteiger charge is -2.18. The molecule has 4 aromatic rings. The molecule has 0 fully saturated rings. The standard InChI is InChI=1S/C27H17ClF4N4O4S/c1-36-19(9-21(31)32)15-8-18(33-26(37)16-10-41(39,40)20-7-12(30)2-4-13(16)20)22-23(25(15)35-36)27(38)34-24(22)14-6-11(29)3-5-17(14)28/h2-8,10,21,24H,9H2,1H3,(H,33,37)(H,34,38). The Kier molecular flexibility index (Phi) is 6.19. The molecular weight excluding hydrogens is 588 g/mol. The van der Waals surface area contributed by atoms with Crippen molar-refractivity contribution in [1.82, 2.24) is 15.1 Å². The van der Waals surface area contributed by atoms with Gasteiger partial charge in [0.25, 0.3) is 11.8 Å². The molecule has 0 spiro atoms. The molecule has 1 aromatic heterocycles. The van der Waals surface area contributed by atoms with Gasteiger partial charge in [-0.1, -0.05) is 11.6 Å². The number of anilines is 1. The molecule has 1 atom stereocenters. The number of benzene rings is 3. The molecule has 0 aliphatic carbocycles. The Bertz CT molecular complexity index is 1970. The van der Waals surface area contributed by atoms with Crippen LogP contribution >= 0.6 is 11.6 Å². The van der Waals surface area contributed by atoms with Crippen molar-refractivity contribution in [3.8, 4) is 0 Å². The fourth-order valence-corrected chi connectivity index (χ4v) is 6.92. The second-order valence-electron chi connectivity index (χ2n) is 9.52. The number of amides is 2. The number of rotatable bonds is 5. The predicted octanol–water partition coefficient (Wildman–Crippen LogP) is 4.91. The predicted molar refractivity (Wildman–Crippen MR) is 141 cm³/mol. The van der Waals surface area contributed by atoms with E-state index in [-0.39, 0.29) is 55.1 Å². The number of aryl methyl sites for hydroxylation is 1.